The van der Waals surface area contributed by atoms with Gasteiger partial charge in [-0.2, -0.15) is 0 Å². The Bertz CT molecular complexity index is 859. The number of amides is 2. The minimum absolute atomic E-state index is 0.100. The quantitative estimate of drug-likeness (QED) is 0.785. The molecule has 0 unspecified atom stereocenters. The Morgan fingerprint density at radius 1 is 1.18 bits per heavy atom. The number of nitrogens with one attached hydrogen (secondary N) is 1. The molecule has 1 heterocycles. The summed E-state index contributed by atoms with van der Waals surface area (Å²) in [6.07, 6.45) is 1.02. The SMILES string of the molecule is CC(=O)N[C@@H]1C(=O)N(Cc2ccc(OCCC(C)C)cc2)c2c(C)cccc21. The number of aryl methyl sites for hydroxylation is 1. The van der Waals surface area contributed by atoms with Gasteiger partial charge in [-0.1, -0.05) is 44.2 Å². The van der Waals surface area contributed by atoms with Crippen molar-refractivity contribution in [3.05, 3.63) is 59.2 Å². The molecule has 1 atom stereocenters. The van der Waals surface area contributed by atoms with Crippen LogP contribution in [0.3, 0.4) is 0 Å². The number of fused-ring (bicyclic) bond motifs is 1. The van der Waals surface area contributed by atoms with E-state index in [1.807, 2.05) is 49.4 Å². The Morgan fingerprint density at radius 2 is 1.89 bits per heavy atom. The zero-order valence-corrected chi connectivity index (χ0v) is 17.0. The predicted molar refractivity (Wildman–Crippen MR) is 110 cm³/mol. The number of hydrogen-bond donors (Lipinski definition) is 1. The molecule has 2 amide bonds. The van der Waals surface area contributed by atoms with Crippen LogP contribution >= 0.6 is 0 Å². The van der Waals surface area contributed by atoms with Crippen molar-refractivity contribution < 1.29 is 14.3 Å². The van der Waals surface area contributed by atoms with Crippen LogP contribution in [0.5, 0.6) is 5.75 Å². The Hall–Kier alpha value is -2.82. The predicted octanol–water partition coefficient (Wildman–Crippen LogP) is 4.14. The van der Waals surface area contributed by atoms with Crippen LogP contribution in [0.2, 0.25) is 0 Å². The van der Waals surface area contributed by atoms with Crippen LogP contribution in [0.15, 0.2) is 42.5 Å². The Morgan fingerprint density at radius 3 is 2.54 bits per heavy atom. The van der Waals surface area contributed by atoms with Crippen molar-refractivity contribution in [1.29, 1.82) is 0 Å². The number of benzene rings is 2. The molecule has 2 aromatic carbocycles. The van der Waals surface area contributed by atoms with E-state index < -0.39 is 6.04 Å². The summed E-state index contributed by atoms with van der Waals surface area (Å²) >= 11 is 0. The van der Waals surface area contributed by atoms with E-state index in [1.165, 1.54) is 6.92 Å². The van der Waals surface area contributed by atoms with Gasteiger partial charge in [0.15, 0.2) is 0 Å². The largest absolute Gasteiger partial charge is 0.494 e. The average Bonchev–Trinajstić information content (AvgIpc) is 2.89. The molecular formula is C23H28N2O3. The van der Waals surface area contributed by atoms with Crippen molar-refractivity contribution in [3.63, 3.8) is 0 Å². The molecule has 28 heavy (non-hydrogen) atoms. The van der Waals surface area contributed by atoms with Crippen LogP contribution in [-0.4, -0.2) is 18.4 Å². The zero-order valence-electron chi connectivity index (χ0n) is 17.0. The number of carbonyl (C=O) groups excluding carboxylic acids is 2. The van der Waals surface area contributed by atoms with Crippen LogP contribution in [0.4, 0.5) is 5.69 Å². The standard InChI is InChI=1S/C23H28N2O3/c1-15(2)12-13-28-19-10-8-18(9-11-19)14-25-22-16(3)6-5-7-20(22)21(23(25)27)24-17(4)26/h5-11,15,21H,12-14H2,1-4H3,(H,24,26)/t21-/m0/s1. The van der Waals surface area contributed by atoms with E-state index in [0.717, 1.165) is 34.5 Å². The van der Waals surface area contributed by atoms with E-state index >= 15 is 0 Å². The summed E-state index contributed by atoms with van der Waals surface area (Å²) in [6.45, 7) is 8.93. The molecule has 0 radical (unpaired) electrons. The number of ether oxygens (including phenoxy) is 1. The second kappa shape index (κ2) is 8.46. The molecule has 0 saturated carbocycles. The van der Waals surface area contributed by atoms with Gasteiger partial charge < -0.3 is 15.0 Å². The van der Waals surface area contributed by atoms with Gasteiger partial charge >= 0.3 is 0 Å². The fourth-order valence-electron chi connectivity index (χ4n) is 3.47. The van der Waals surface area contributed by atoms with Crippen LogP contribution in [0, 0.1) is 12.8 Å². The Labute approximate surface area is 166 Å². The highest BCUT2D eigenvalue weighted by Gasteiger charge is 2.38. The lowest BCUT2D eigenvalue weighted by Crippen LogP contribution is -2.36. The highest BCUT2D eigenvalue weighted by Crippen LogP contribution is 2.39. The maximum atomic E-state index is 13.0. The van der Waals surface area contributed by atoms with Gasteiger partial charge in [0.1, 0.15) is 11.8 Å². The monoisotopic (exact) mass is 380 g/mol. The average molecular weight is 380 g/mol. The third kappa shape index (κ3) is 4.35. The lowest BCUT2D eigenvalue weighted by Gasteiger charge is -2.20. The first-order valence-electron chi connectivity index (χ1n) is 9.76. The topological polar surface area (TPSA) is 58.6 Å². The molecule has 1 N–H and O–H groups in total. The normalized spacial score (nSPS) is 15.7. The number of para-hydroxylation sites is 1. The van der Waals surface area contributed by atoms with E-state index in [1.54, 1.807) is 4.90 Å². The van der Waals surface area contributed by atoms with E-state index in [2.05, 4.69) is 19.2 Å². The molecule has 3 rings (SSSR count). The summed E-state index contributed by atoms with van der Waals surface area (Å²) < 4.78 is 5.77. The first-order chi connectivity index (χ1) is 13.4. The number of anilines is 1. The van der Waals surface area contributed by atoms with E-state index in [4.69, 9.17) is 4.74 Å². The zero-order chi connectivity index (χ0) is 20.3. The van der Waals surface area contributed by atoms with Crippen molar-refractivity contribution in [1.82, 2.24) is 5.32 Å². The highest BCUT2D eigenvalue weighted by atomic mass is 16.5. The second-order valence-corrected chi connectivity index (χ2v) is 7.75. The molecule has 0 spiro atoms. The first kappa shape index (κ1) is 19.9. The molecule has 1 aliphatic rings. The third-order valence-electron chi connectivity index (χ3n) is 4.94. The molecule has 0 aliphatic carbocycles. The third-order valence-corrected chi connectivity index (χ3v) is 4.94. The molecule has 0 fully saturated rings. The van der Waals surface area contributed by atoms with Gasteiger partial charge in [0.2, 0.25) is 5.91 Å². The summed E-state index contributed by atoms with van der Waals surface area (Å²) in [5.74, 6) is 1.14. The smallest absolute Gasteiger partial charge is 0.254 e. The lowest BCUT2D eigenvalue weighted by molar-refractivity contribution is -0.126. The van der Waals surface area contributed by atoms with Gasteiger partial charge in [-0.3, -0.25) is 9.59 Å². The molecular weight excluding hydrogens is 352 g/mol. The van der Waals surface area contributed by atoms with Gasteiger partial charge in [0, 0.05) is 12.5 Å². The first-order valence-corrected chi connectivity index (χ1v) is 9.76. The van der Waals surface area contributed by atoms with Crippen LogP contribution in [0.25, 0.3) is 0 Å². The number of nitrogens with zero attached hydrogens (tertiary/aromatic N) is 1. The second-order valence-electron chi connectivity index (χ2n) is 7.75. The summed E-state index contributed by atoms with van der Waals surface area (Å²) in [6, 6.07) is 13.1. The molecule has 1 aliphatic heterocycles. The fourth-order valence-corrected chi connectivity index (χ4v) is 3.47. The van der Waals surface area contributed by atoms with E-state index in [-0.39, 0.29) is 11.8 Å². The Balaban J connectivity index is 1.77. The van der Waals surface area contributed by atoms with E-state index in [9.17, 15) is 9.59 Å². The molecule has 0 aromatic heterocycles. The minimum Gasteiger partial charge on any atom is -0.494 e. The molecule has 5 nitrogen and oxygen atoms in total. The van der Waals surface area contributed by atoms with Gasteiger partial charge in [-0.05, 0) is 42.5 Å². The number of rotatable bonds is 7. The van der Waals surface area contributed by atoms with Crippen molar-refractivity contribution in [2.45, 2.75) is 46.7 Å². The van der Waals surface area contributed by atoms with Crippen molar-refractivity contribution in [3.8, 4) is 5.75 Å². The van der Waals surface area contributed by atoms with Crippen molar-refractivity contribution >= 4 is 17.5 Å². The maximum absolute atomic E-state index is 13.0. The molecule has 0 saturated heterocycles. The summed E-state index contributed by atoms with van der Waals surface area (Å²) in [5, 5.41) is 2.78. The van der Waals surface area contributed by atoms with Gasteiger partial charge in [-0.25, -0.2) is 0 Å². The Kier molecular flexibility index (Phi) is 6.02. The number of hydrogen-bond acceptors (Lipinski definition) is 3. The summed E-state index contributed by atoms with van der Waals surface area (Å²) in [5.41, 5.74) is 3.78. The molecule has 2 aromatic rings. The summed E-state index contributed by atoms with van der Waals surface area (Å²) in [7, 11) is 0. The molecule has 0 bridgehead atoms. The lowest BCUT2D eigenvalue weighted by atomic mass is 10.1. The van der Waals surface area contributed by atoms with Gasteiger partial charge in [0.25, 0.3) is 5.91 Å². The van der Waals surface area contributed by atoms with Crippen LogP contribution in [-0.2, 0) is 16.1 Å². The van der Waals surface area contributed by atoms with Crippen molar-refractivity contribution in [2.24, 2.45) is 5.92 Å². The highest BCUT2D eigenvalue weighted by molar-refractivity contribution is 6.06. The minimum atomic E-state index is -0.619. The molecule has 5 heteroatoms. The summed E-state index contributed by atoms with van der Waals surface area (Å²) in [4.78, 5) is 26.4. The number of carbonyl (C=O) groups is 2. The van der Waals surface area contributed by atoms with E-state index in [0.29, 0.717) is 19.1 Å². The van der Waals surface area contributed by atoms with Crippen LogP contribution in [0.1, 0.15) is 49.9 Å². The van der Waals surface area contributed by atoms with Crippen molar-refractivity contribution in [2.75, 3.05) is 11.5 Å². The van der Waals surface area contributed by atoms with Crippen LogP contribution < -0.4 is 15.0 Å². The molecule has 148 valence electrons. The fraction of sp³-hybridized carbons (Fsp3) is 0.391. The van der Waals surface area contributed by atoms with Gasteiger partial charge in [-0.15, -0.1) is 0 Å². The van der Waals surface area contributed by atoms with Gasteiger partial charge in [0.05, 0.1) is 18.8 Å². The maximum Gasteiger partial charge on any atom is 0.254 e.